The fraction of sp³-hybridized carbons (Fsp3) is 0.562. The summed E-state index contributed by atoms with van der Waals surface area (Å²) in [5, 5.41) is 4.29. The molecule has 1 aromatic rings. The van der Waals surface area contributed by atoms with Crippen LogP contribution in [0.2, 0.25) is 0 Å². The summed E-state index contributed by atoms with van der Waals surface area (Å²) in [5.74, 6) is -0.389. The molecule has 0 aromatic carbocycles. The van der Waals surface area contributed by atoms with E-state index in [0.717, 1.165) is 0 Å². The lowest BCUT2D eigenvalue weighted by molar-refractivity contribution is -0.190. The first kappa shape index (κ1) is 20.3. The molecule has 0 aliphatic heterocycles. The zero-order valence-electron chi connectivity index (χ0n) is 14.3. The maximum atomic E-state index is 12.8. The molecule has 10 heteroatoms. The summed E-state index contributed by atoms with van der Waals surface area (Å²) in [4.78, 5) is 15.5. The third kappa shape index (κ3) is 5.00. The lowest BCUT2D eigenvalue weighted by atomic mass is 10.0. The Morgan fingerprint density at radius 2 is 2.19 bits per heavy atom. The number of alkyl halides is 3. The largest absolute Gasteiger partial charge is 0.477 e. The number of esters is 1. The van der Waals surface area contributed by atoms with Gasteiger partial charge in [0.25, 0.3) is 0 Å². The number of halogens is 4. The second-order valence-corrected chi connectivity index (χ2v) is 6.53. The van der Waals surface area contributed by atoms with E-state index in [9.17, 15) is 18.0 Å². The van der Waals surface area contributed by atoms with Crippen LogP contribution in [-0.2, 0) is 16.2 Å². The van der Waals surface area contributed by atoms with Crippen molar-refractivity contribution in [3.63, 3.8) is 0 Å². The Kier molecular flexibility index (Phi) is 6.33. The molecule has 6 nitrogen and oxygen atoms in total. The van der Waals surface area contributed by atoms with Crippen LogP contribution in [0.15, 0.2) is 27.9 Å². The van der Waals surface area contributed by atoms with Gasteiger partial charge >= 0.3 is 12.1 Å². The predicted octanol–water partition coefficient (Wildman–Crippen LogP) is 3.71. The summed E-state index contributed by atoms with van der Waals surface area (Å²) in [7, 11) is 1.23. The quantitative estimate of drug-likeness (QED) is 0.383. The second-order valence-electron chi connectivity index (χ2n) is 5.96. The molecule has 2 rings (SSSR count). The number of hydrogen-bond acceptors (Lipinski definition) is 5. The average Bonchev–Trinajstić information content (AvgIpc) is 3.23. The number of carbonyl (C=O) groups is 1. The van der Waals surface area contributed by atoms with E-state index in [-0.39, 0.29) is 49.0 Å². The van der Waals surface area contributed by atoms with E-state index in [1.165, 1.54) is 31.0 Å². The van der Waals surface area contributed by atoms with Crippen molar-refractivity contribution in [1.29, 1.82) is 0 Å². The summed E-state index contributed by atoms with van der Waals surface area (Å²) in [6, 6.07) is 1.53. The van der Waals surface area contributed by atoms with Gasteiger partial charge in [-0.15, -0.1) is 5.10 Å². The van der Waals surface area contributed by atoms with Gasteiger partial charge in [0.2, 0.25) is 5.88 Å². The van der Waals surface area contributed by atoms with E-state index in [2.05, 4.69) is 14.8 Å². The number of rotatable bonds is 8. The molecule has 0 spiro atoms. The van der Waals surface area contributed by atoms with Crippen LogP contribution in [0.4, 0.5) is 13.2 Å². The summed E-state index contributed by atoms with van der Waals surface area (Å²) < 4.78 is 49.8. The number of aliphatic imine (C=N–C) groups is 1. The summed E-state index contributed by atoms with van der Waals surface area (Å²) >= 11 is 5.80. The normalized spacial score (nSPS) is 17.2. The van der Waals surface area contributed by atoms with E-state index in [1.54, 1.807) is 6.20 Å². The lowest BCUT2D eigenvalue weighted by Crippen LogP contribution is -2.26. The third-order valence-corrected chi connectivity index (χ3v) is 4.33. The van der Waals surface area contributed by atoms with Crippen molar-refractivity contribution < 1.29 is 27.4 Å². The van der Waals surface area contributed by atoms with E-state index in [1.807, 2.05) is 0 Å². The van der Waals surface area contributed by atoms with Gasteiger partial charge in [0.1, 0.15) is 6.67 Å². The Morgan fingerprint density at radius 1 is 1.50 bits per heavy atom. The molecule has 1 saturated carbocycles. The van der Waals surface area contributed by atoms with Crippen LogP contribution < -0.4 is 4.74 Å². The van der Waals surface area contributed by atoms with E-state index < -0.39 is 17.6 Å². The van der Waals surface area contributed by atoms with E-state index in [0.29, 0.717) is 0 Å². The summed E-state index contributed by atoms with van der Waals surface area (Å²) in [6.45, 7) is 1.56. The van der Waals surface area contributed by atoms with Crippen LogP contribution in [0.5, 0.6) is 5.88 Å². The Bertz CT molecular complexity index is 705. The molecule has 144 valence electrons. The SMILES string of the molecule is COC(=O)/C(C=NCn1ccc(OCCC2(C(F)(F)F)CC2)n1)=C(/C)Cl. The fourth-order valence-electron chi connectivity index (χ4n) is 2.28. The van der Waals surface area contributed by atoms with Gasteiger partial charge in [0, 0.05) is 23.5 Å². The Hall–Kier alpha value is -2.03. The Morgan fingerprint density at radius 3 is 2.73 bits per heavy atom. The zero-order valence-corrected chi connectivity index (χ0v) is 15.1. The van der Waals surface area contributed by atoms with Gasteiger partial charge in [-0.1, -0.05) is 11.6 Å². The molecule has 1 fully saturated rings. The van der Waals surface area contributed by atoms with Gasteiger partial charge in [-0.3, -0.25) is 4.99 Å². The molecule has 1 heterocycles. The van der Waals surface area contributed by atoms with Gasteiger partial charge in [-0.25, -0.2) is 9.48 Å². The van der Waals surface area contributed by atoms with Crippen molar-refractivity contribution in [2.75, 3.05) is 13.7 Å². The molecule has 0 unspecified atom stereocenters. The minimum absolute atomic E-state index is 0.0551. The molecular formula is C16H19ClF3N3O3. The van der Waals surface area contributed by atoms with Crippen molar-refractivity contribution in [3.8, 4) is 5.88 Å². The number of aromatic nitrogens is 2. The maximum absolute atomic E-state index is 12.8. The van der Waals surface area contributed by atoms with Crippen molar-refractivity contribution >= 4 is 23.8 Å². The van der Waals surface area contributed by atoms with Gasteiger partial charge < -0.3 is 9.47 Å². The molecule has 0 bridgehead atoms. The molecule has 1 aromatic heterocycles. The first-order chi connectivity index (χ1) is 12.2. The first-order valence-electron chi connectivity index (χ1n) is 7.86. The van der Waals surface area contributed by atoms with Crippen molar-refractivity contribution in [2.24, 2.45) is 10.4 Å². The highest BCUT2D eigenvalue weighted by molar-refractivity contribution is 6.34. The standard InChI is InChI=1S/C16H19ClF3N3O3/c1-11(17)12(14(24)25-2)9-21-10-23-7-3-13(22-23)26-8-6-15(4-5-15)16(18,19)20/h3,7,9H,4-6,8,10H2,1-2H3/b12-11-,21-9?. The highest BCUT2D eigenvalue weighted by Gasteiger charge is 2.62. The van der Waals surface area contributed by atoms with Crippen LogP contribution in [0, 0.1) is 5.41 Å². The van der Waals surface area contributed by atoms with Gasteiger partial charge in [0.05, 0.1) is 24.7 Å². The minimum Gasteiger partial charge on any atom is -0.477 e. The molecular weight excluding hydrogens is 375 g/mol. The lowest BCUT2D eigenvalue weighted by Gasteiger charge is -2.18. The zero-order chi connectivity index (χ0) is 19.4. The second kappa shape index (κ2) is 8.11. The number of allylic oxidation sites excluding steroid dienone is 1. The molecule has 0 saturated heterocycles. The van der Waals surface area contributed by atoms with E-state index >= 15 is 0 Å². The van der Waals surface area contributed by atoms with Gasteiger partial charge in [-0.05, 0) is 26.2 Å². The monoisotopic (exact) mass is 393 g/mol. The number of ether oxygens (including phenoxy) is 2. The fourth-order valence-corrected chi connectivity index (χ4v) is 2.41. The highest BCUT2D eigenvalue weighted by Crippen LogP contribution is 2.59. The average molecular weight is 394 g/mol. The minimum atomic E-state index is -4.18. The first-order valence-corrected chi connectivity index (χ1v) is 8.24. The van der Waals surface area contributed by atoms with Gasteiger partial charge in [0.15, 0.2) is 0 Å². The molecule has 1 aliphatic carbocycles. The molecule has 0 radical (unpaired) electrons. The number of methoxy groups -OCH3 is 1. The molecule has 0 N–H and O–H groups in total. The van der Waals surface area contributed by atoms with Crippen LogP contribution in [-0.4, -0.2) is 41.9 Å². The number of nitrogens with zero attached hydrogens (tertiary/aromatic N) is 3. The smallest absolute Gasteiger partial charge is 0.394 e. The third-order valence-electron chi connectivity index (χ3n) is 4.13. The van der Waals surface area contributed by atoms with E-state index in [4.69, 9.17) is 16.3 Å². The number of carbonyl (C=O) groups excluding carboxylic acids is 1. The van der Waals surface area contributed by atoms with Crippen LogP contribution in [0.25, 0.3) is 0 Å². The maximum Gasteiger partial charge on any atom is 0.394 e. The van der Waals surface area contributed by atoms with Crippen molar-refractivity contribution in [1.82, 2.24) is 9.78 Å². The molecule has 0 atom stereocenters. The highest BCUT2D eigenvalue weighted by atomic mass is 35.5. The predicted molar refractivity (Wildman–Crippen MR) is 89.1 cm³/mol. The number of hydrogen-bond donors (Lipinski definition) is 0. The van der Waals surface area contributed by atoms with Gasteiger partial charge in [-0.2, -0.15) is 13.2 Å². The van der Waals surface area contributed by atoms with Crippen LogP contribution >= 0.6 is 11.6 Å². The summed E-state index contributed by atoms with van der Waals surface area (Å²) in [6.07, 6.45) is -1.12. The summed E-state index contributed by atoms with van der Waals surface area (Å²) in [5.41, 5.74) is -1.46. The van der Waals surface area contributed by atoms with Crippen LogP contribution in [0.1, 0.15) is 26.2 Å². The van der Waals surface area contributed by atoms with Crippen molar-refractivity contribution in [2.45, 2.75) is 39.0 Å². The van der Waals surface area contributed by atoms with Crippen LogP contribution in [0.3, 0.4) is 0 Å². The van der Waals surface area contributed by atoms with Crippen molar-refractivity contribution in [3.05, 3.63) is 22.9 Å². The molecule has 0 amide bonds. The molecule has 1 aliphatic rings. The Labute approximate surface area is 153 Å². The molecule has 26 heavy (non-hydrogen) atoms. The Balaban J connectivity index is 1.84. The topological polar surface area (TPSA) is 65.7 Å².